The highest BCUT2D eigenvalue weighted by Crippen LogP contribution is 2.29. The molecule has 0 aliphatic rings. The van der Waals surface area contributed by atoms with Gasteiger partial charge in [-0.2, -0.15) is 9.37 Å². The first-order valence-electron chi connectivity index (χ1n) is 5.33. The largest absolute Gasteiger partial charge is 0.373 e. The molecule has 0 bridgehead atoms. The SMILES string of the molecule is CNc1ccc(-c2nc3nc(F)ccc3s2)cn1. The van der Waals surface area contributed by atoms with Gasteiger partial charge in [0.15, 0.2) is 5.65 Å². The minimum atomic E-state index is -0.511. The van der Waals surface area contributed by atoms with E-state index in [0.717, 1.165) is 21.1 Å². The molecule has 1 N–H and O–H groups in total. The van der Waals surface area contributed by atoms with Crippen molar-refractivity contribution in [1.29, 1.82) is 0 Å². The standard InChI is InChI=1S/C12H9FN4S/c1-14-10-5-2-7(6-15-10)12-17-11-8(18-12)3-4-9(13)16-11/h2-6H,1H3,(H,14,15). The third-order valence-electron chi connectivity index (χ3n) is 2.49. The normalized spacial score (nSPS) is 10.8. The van der Waals surface area contributed by atoms with Crippen LogP contribution in [-0.4, -0.2) is 22.0 Å². The van der Waals surface area contributed by atoms with Crippen LogP contribution in [0.5, 0.6) is 0 Å². The highest BCUT2D eigenvalue weighted by atomic mass is 32.1. The van der Waals surface area contributed by atoms with Gasteiger partial charge in [-0.1, -0.05) is 0 Å². The summed E-state index contributed by atoms with van der Waals surface area (Å²) in [6.07, 6.45) is 1.74. The molecular formula is C12H9FN4S. The van der Waals surface area contributed by atoms with Crippen molar-refractivity contribution in [2.24, 2.45) is 0 Å². The number of hydrogen-bond donors (Lipinski definition) is 1. The van der Waals surface area contributed by atoms with Crippen molar-refractivity contribution in [2.45, 2.75) is 0 Å². The van der Waals surface area contributed by atoms with Gasteiger partial charge in [-0.15, -0.1) is 11.3 Å². The van der Waals surface area contributed by atoms with E-state index in [-0.39, 0.29) is 0 Å². The van der Waals surface area contributed by atoms with Crippen LogP contribution < -0.4 is 5.32 Å². The monoisotopic (exact) mass is 260 g/mol. The molecule has 0 aliphatic carbocycles. The molecule has 90 valence electrons. The van der Waals surface area contributed by atoms with E-state index in [1.807, 2.05) is 19.2 Å². The van der Waals surface area contributed by atoms with E-state index in [0.29, 0.717) is 5.65 Å². The minimum Gasteiger partial charge on any atom is -0.373 e. The van der Waals surface area contributed by atoms with Gasteiger partial charge in [0.05, 0.1) is 4.70 Å². The number of aromatic nitrogens is 3. The number of halogens is 1. The molecule has 6 heteroatoms. The Morgan fingerprint density at radius 3 is 2.78 bits per heavy atom. The van der Waals surface area contributed by atoms with Crippen LogP contribution >= 0.6 is 11.3 Å². The topological polar surface area (TPSA) is 50.7 Å². The first-order chi connectivity index (χ1) is 8.76. The van der Waals surface area contributed by atoms with Crippen LogP contribution in [0.1, 0.15) is 0 Å². The van der Waals surface area contributed by atoms with Gasteiger partial charge in [0, 0.05) is 18.8 Å². The number of fused-ring (bicyclic) bond motifs is 1. The maximum absolute atomic E-state index is 13.0. The third-order valence-corrected chi connectivity index (χ3v) is 3.54. The third kappa shape index (κ3) is 1.91. The minimum absolute atomic E-state index is 0.438. The van der Waals surface area contributed by atoms with Crippen LogP contribution in [0.25, 0.3) is 20.9 Å². The Hall–Kier alpha value is -2.08. The Labute approximate surface area is 107 Å². The summed E-state index contributed by atoms with van der Waals surface area (Å²) < 4.78 is 13.8. The van der Waals surface area contributed by atoms with Crippen LogP contribution in [0.2, 0.25) is 0 Å². The van der Waals surface area contributed by atoms with Crippen LogP contribution in [0, 0.1) is 5.95 Å². The predicted octanol–water partition coefficient (Wildman–Crippen LogP) is 2.93. The van der Waals surface area contributed by atoms with Gasteiger partial charge in [0.25, 0.3) is 0 Å². The average Bonchev–Trinajstić information content (AvgIpc) is 2.81. The molecule has 0 fully saturated rings. The molecule has 0 amide bonds. The van der Waals surface area contributed by atoms with Crippen molar-refractivity contribution < 1.29 is 4.39 Å². The van der Waals surface area contributed by atoms with E-state index in [1.54, 1.807) is 12.3 Å². The van der Waals surface area contributed by atoms with E-state index < -0.39 is 5.95 Å². The van der Waals surface area contributed by atoms with Crippen molar-refractivity contribution in [1.82, 2.24) is 15.0 Å². The second-order valence-electron chi connectivity index (χ2n) is 3.66. The predicted molar refractivity (Wildman–Crippen MR) is 70.2 cm³/mol. The summed E-state index contributed by atoms with van der Waals surface area (Å²) in [6, 6.07) is 6.82. The molecule has 18 heavy (non-hydrogen) atoms. The van der Waals surface area contributed by atoms with Crippen LogP contribution in [0.3, 0.4) is 0 Å². The number of anilines is 1. The van der Waals surface area contributed by atoms with Crippen molar-refractivity contribution in [3.05, 3.63) is 36.4 Å². The zero-order valence-corrected chi connectivity index (χ0v) is 10.3. The molecule has 4 nitrogen and oxygen atoms in total. The molecule has 0 spiro atoms. The lowest BCUT2D eigenvalue weighted by Crippen LogP contribution is -1.91. The molecule has 3 aromatic rings. The number of nitrogens with one attached hydrogen (secondary N) is 1. The van der Waals surface area contributed by atoms with E-state index >= 15 is 0 Å². The quantitative estimate of drug-likeness (QED) is 0.720. The molecular weight excluding hydrogens is 251 g/mol. The lowest BCUT2D eigenvalue weighted by atomic mass is 10.3. The Kier molecular flexibility index (Phi) is 2.64. The molecule has 0 saturated carbocycles. The van der Waals surface area contributed by atoms with E-state index in [4.69, 9.17) is 0 Å². The van der Waals surface area contributed by atoms with Crippen LogP contribution in [0.4, 0.5) is 10.2 Å². The molecule has 0 saturated heterocycles. The summed E-state index contributed by atoms with van der Waals surface area (Å²) >= 11 is 1.47. The van der Waals surface area contributed by atoms with Gasteiger partial charge >= 0.3 is 0 Å². The second-order valence-corrected chi connectivity index (χ2v) is 4.69. The highest BCUT2D eigenvalue weighted by molar-refractivity contribution is 7.21. The smallest absolute Gasteiger partial charge is 0.214 e. The summed E-state index contributed by atoms with van der Waals surface area (Å²) in [5.74, 6) is 0.284. The fourth-order valence-electron chi connectivity index (χ4n) is 1.59. The van der Waals surface area contributed by atoms with Gasteiger partial charge in [0.2, 0.25) is 5.95 Å². The number of thiazole rings is 1. The molecule has 0 unspecified atom stereocenters. The van der Waals surface area contributed by atoms with E-state index in [2.05, 4.69) is 20.3 Å². The summed E-state index contributed by atoms with van der Waals surface area (Å²) in [5.41, 5.74) is 1.34. The highest BCUT2D eigenvalue weighted by Gasteiger charge is 2.08. The Balaban J connectivity index is 2.07. The van der Waals surface area contributed by atoms with Crippen LogP contribution in [0.15, 0.2) is 30.5 Å². The van der Waals surface area contributed by atoms with Crippen molar-refractivity contribution in [3.8, 4) is 10.6 Å². The summed E-state index contributed by atoms with van der Waals surface area (Å²) in [5, 5.41) is 3.74. The maximum atomic E-state index is 13.0. The van der Waals surface area contributed by atoms with Gasteiger partial charge in [-0.05, 0) is 24.3 Å². The summed E-state index contributed by atoms with van der Waals surface area (Å²) in [7, 11) is 1.81. The molecule has 0 radical (unpaired) electrons. The van der Waals surface area contributed by atoms with Gasteiger partial charge < -0.3 is 5.32 Å². The summed E-state index contributed by atoms with van der Waals surface area (Å²) in [4.78, 5) is 12.3. The molecule has 3 heterocycles. The zero-order chi connectivity index (χ0) is 12.5. The molecule has 3 rings (SSSR count). The second kappa shape index (κ2) is 4.30. The van der Waals surface area contributed by atoms with Crippen molar-refractivity contribution >= 4 is 27.5 Å². The number of hydrogen-bond acceptors (Lipinski definition) is 5. The first-order valence-corrected chi connectivity index (χ1v) is 6.15. The lowest BCUT2D eigenvalue weighted by Gasteiger charge is -1.99. The van der Waals surface area contributed by atoms with E-state index in [1.165, 1.54) is 17.4 Å². The Morgan fingerprint density at radius 1 is 1.17 bits per heavy atom. The molecule has 0 atom stereocenters. The Morgan fingerprint density at radius 2 is 2.06 bits per heavy atom. The summed E-state index contributed by atoms with van der Waals surface area (Å²) in [6.45, 7) is 0. The average molecular weight is 260 g/mol. The number of rotatable bonds is 2. The van der Waals surface area contributed by atoms with Gasteiger partial charge in [0.1, 0.15) is 10.8 Å². The maximum Gasteiger partial charge on any atom is 0.214 e. The van der Waals surface area contributed by atoms with Gasteiger partial charge in [-0.3, -0.25) is 0 Å². The zero-order valence-electron chi connectivity index (χ0n) is 9.51. The fraction of sp³-hybridized carbons (Fsp3) is 0.0833. The van der Waals surface area contributed by atoms with Crippen molar-refractivity contribution in [2.75, 3.05) is 12.4 Å². The van der Waals surface area contributed by atoms with Crippen LogP contribution in [-0.2, 0) is 0 Å². The molecule has 0 aromatic carbocycles. The Bertz CT molecular complexity index is 693. The van der Waals surface area contributed by atoms with E-state index in [9.17, 15) is 4.39 Å². The first kappa shape index (κ1) is 11.0. The van der Waals surface area contributed by atoms with Crippen molar-refractivity contribution in [3.63, 3.8) is 0 Å². The number of nitrogens with zero attached hydrogens (tertiary/aromatic N) is 3. The fourth-order valence-corrected chi connectivity index (χ4v) is 2.48. The number of pyridine rings is 2. The molecule has 0 aliphatic heterocycles. The van der Waals surface area contributed by atoms with Gasteiger partial charge in [-0.25, -0.2) is 9.97 Å². The molecule has 3 aromatic heterocycles. The lowest BCUT2D eigenvalue weighted by molar-refractivity contribution is 0.588.